The number of nitriles is 1. The largest absolute Gasteiger partial charge is 0.281 e. The first-order valence-corrected chi connectivity index (χ1v) is 6.73. The summed E-state index contributed by atoms with van der Waals surface area (Å²) < 4.78 is 0. The van der Waals surface area contributed by atoms with Gasteiger partial charge in [0, 0.05) is 5.41 Å². The van der Waals surface area contributed by atoms with Crippen molar-refractivity contribution in [1.82, 2.24) is 10.2 Å². The zero-order valence-corrected chi connectivity index (χ0v) is 9.95. The van der Waals surface area contributed by atoms with Crippen LogP contribution in [0.5, 0.6) is 0 Å². The molecule has 1 aromatic rings. The van der Waals surface area contributed by atoms with Gasteiger partial charge in [0.05, 0.1) is 17.5 Å². The molecule has 4 bridgehead atoms. The maximum atomic E-state index is 9.20. The van der Waals surface area contributed by atoms with Crippen LogP contribution in [0.15, 0.2) is 6.20 Å². The van der Waals surface area contributed by atoms with Crippen molar-refractivity contribution in [1.29, 1.82) is 5.26 Å². The van der Waals surface area contributed by atoms with Crippen LogP contribution in [0.1, 0.15) is 49.8 Å². The number of nitrogens with one attached hydrogen (secondary N) is 1. The topological polar surface area (TPSA) is 52.5 Å². The monoisotopic (exact) mass is 227 g/mol. The van der Waals surface area contributed by atoms with Gasteiger partial charge in [0.2, 0.25) is 0 Å². The Kier molecular flexibility index (Phi) is 1.79. The Balaban J connectivity index is 1.80. The van der Waals surface area contributed by atoms with E-state index in [1.54, 1.807) is 6.20 Å². The summed E-state index contributed by atoms with van der Waals surface area (Å²) in [5, 5.41) is 16.4. The van der Waals surface area contributed by atoms with E-state index in [4.69, 9.17) is 0 Å². The fraction of sp³-hybridized carbons (Fsp3) is 0.714. The molecule has 17 heavy (non-hydrogen) atoms. The number of aromatic amines is 1. The second kappa shape index (κ2) is 3.13. The Bertz CT molecular complexity index is 459. The van der Waals surface area contributed by atoms with Crippen molar-refractivity contribution in [3.63, 3.8) is 0 Å². The zero-order chi connectivity index (χ0) is 11.5. The number of H-pyrrole nitrogens is 1. The average molecular weight is 227 g/mol. The van der Waals surface area contributed by atoms with Crippen LogP contribution in [0, 0.1) is 29.1 Å². The zero-order valence-electron chi connectivity index (χ0n) is 9.95. The molecular weight excluding hydrogens is 210 g/mol. The molecule has 0 amide bonds. The molecule has 1 heterocycles. The van der Waals surface area contributed by atoms with E-state index in [2.05, 4.69) is 16.3 Å². The third-order valence-electron chi connectivity index (χ3n) is 5.33. The highest BCUT2D eigenvalue weighted by Crippen LogP contribution is 2.60. The van der Waals surface area contributed by atoms with Crippen LogP contribution in [-0.4, -0.2) is 10.2 Å². The lowest BCUT2D eigenvalue weighted by Crippen LogP contribution is -2.49. The van der Waals surface area contributed by atoms with Crippen LogP contribution in [0.2, 0.25) is 0 Å². The fourth-order valence-electron chi connectivity index (χ4n) is 5.19. The van der Waals surface area contributed by atoms with E-state index in [1.807, 2.05) is 0 Å². The van der Waals surface area contributed by atoms with E-state index < -0.39 is 0 Å². The Morgan fingerprint density at radius 2 is 1.76 bits per heavy atom. The lowest BCUT2D eigenvalue weighted by Gasteiger charge is -2.56. The highest BCUT2D eigenvalue weighted by Gasteiger charge is 2.53. The highest BCUT2D eigenvalue weighted by molar-refractivity contribution is 5.37. The molecule has 4 aliphatic carbocycles. The van der Waals surface area contributed by atoms with E-state index in [-0.39, 0.29) is 5.41 Å². The van der Waals surface area contributed by atoms with Crippen LogP contribution in [0.3, 0.4) is 0 Å². The molecule has 88 valence electrons. The molecule has 0 saturated heterocycles. The Labute approximate surface area is 101 Å². The van der Waals surface area contributed by atoms with Gasteiger partial charge in [-0.1, -0.05) is 0 Å². The molecule has 5 rings (SSSR count). The van der Waals surface area contributed by atoms with Gasteiger partial charge < -0.3 is 0 Å². The van der Waals surface area contributed by atoms with E-state index in [0.717, 1.165) is 29.0 Å². The first-order chi connectivity index (χ1) is 8.29. The Morgan fingerprint density at radius 1 is 1.18 bits per heavy atom. The first kappa shape index (κ1) is 9.70. The van der Waals surface area contributed by atoms with E-state index in [1.165, 1.54) is 38.5 Å². The summed E-state index contributed by atoms with van der Waals surface area (Å²) in [6, 6.07) is 2.31. The van der Waals surface area contributed by atoms with Crippen LogP contribution in [0.25, 0.3) is 0 Å². The molecule has 0 aromatic carbocycles. The van der Waals surface area contributed by atoms with Gasteiger partial charge in [0.1, 0.15) is 6.07 Å². The molecular formula is C14H17N3. The van der Waals surface area contributed by atoms with Crippen LogP contribution in [0.4, 0.5) is 0 Å². The van der Waals surface area contributed by atoms with E-state index in [9.17, 15) is 5.26 Å². The van der Waals surface area contributed by atoms with Gasteiger partial charge in [-0.3, -0.25) is 5.10 Å². The first-order valence-electron chi connectivity index (χ1n) is 6.73. The van der Waals surface area contributed by atoms with Gasteiger partial charge in [0.25, 0.3) is 0 Å². The number of aromatic nitrogens is 2. The molecule has 4 aliphatic rings. The van der Waals surface area contributed by atoms with Gasteiger partial charge in [0.15, 0.2) is 0 Å². The smallest absolute Gasteiger partial charge is 0.103 e. The lowest BCUT2D eigenvalue weighted by atomic mass is 9.48. The molecule has 0 radical (unpaired) electrons. The maximum Gasteiger partial charge on any atom is 0.103 e. The minimum Gasteiger partial charge on any atom is -0.281 e. The lowest BCUT2D eigenvalue weighted by molar-refractivity contribution is -0.00733. The van der Waals surface area contributed by atoms with Crippen LogP contribution in [-0.2, 0) is 5.41 Å². The number of rotatable bonds is 1. The molecule has 0 spiro atoms. The SMILES string of the molecule is N#Cc1cn[nH]c1C12CC3CC(CC(C3)C1)C2. The minimum atomic E-state index is 0.274. The highest BCUT2D eigenvalue weighted by atomic mass is 15.1. The van der Waals surface area contributed by atoms with Crippen molar-refractivity contribution < 1.29 is 0 Å². The van der Waals surface area contributed by atoms with Gasteiger partial charge in [-0.15, -0.1) is 0 Å². The van der Waals surface area contributed by atoms with E-state index >= 15 is 0 Å². The molecule has 4 fully saturated rings. The summed E-state index contributed by atoms with van der Waals surface area (Å²) in [7, 11) is 0. The van der Waals surface area contributed by atoms with E-state index in [0.29, 0.717) is 0 Å². The predicted molar refractivity (Wildman–Crippen MR) is 63.2 cm³/mol. The molecule has 3 heteroatoms. The van der Waals surface area contributed by atoms with Gasteiger partial charge >= 0.3 is 0 Å². The third kappa shape index (κ3) is 1.24. The van der Waals surface area contributed by atoms with Crippen LogP contribution < -0.4 is 0 Å². The summed E-state index contributed by atoms with van der Waals surface area (Å²) in [5.41, 5.74) is 2.21. The van der Waals surface area contributed by atoms with Crippen molar-refractivity contribution >= 4 is 0 Å². The summed E-state index contributed by atoms with van der Waals surface area (Å²) in [5.74, 6) is 2.74. The standard InChI is InChI=1S/C14H17N3/c15-7-12-8-16-17-13(12)14-4-9-1-10(5-14)3-11(2-9)6-14/h8-11H,1-6H2,(H,16,17). The second-order valence-corrected chi connectivity index (χ2v) is 6.47. The van der Waals surface area contributed by atoms with Crippen molar-refractivity contribution in [2.45, 2.75) is 43.9 Å². The van der Waals surface area contributed by atoms with Gasteiger partial charge in [-0.05, 0) is 56.3 Å². The molecule has 4 saturated carbocycles. The summed E-state index contributed by atoms with van der Waals surface area (Å²) in [6.07, 6.45) is 9.88. The molecule has 3 nitrogen and oxygen atoms in total. The van der Waals surface area contributed by atoms with Crippen molar-refractivity contribution in [2.75, 3.05) is 0 Å². The average Bonchev–Trinajstić information content (AvgIpc) is 2.75. The van der Waals surface area contributed by atoms with Crippen molar-refractivity contribution in [2.24, 2.45) is 17.8 Å². The third-order valence-corrected chi connectivity index (χ3v) is 5.33. The van der Waals surface area contributed by atoms with Gasteiger partial charge in [-0.2, -0.15) is 10.4 Å². The molecule has 1 N–H and O–H groups in total. The summed E-state index contributed by atoms with van der Waals surface area (Å²) in [6.45, 7) is 0. The minimum absolute atomic E-state index is 0.274. The molecule has 0 aliphatic heterocycles. The number of hydrogen-bond donors (Lipinski definition) is 1. The Hall–Kier alpha value is -1.30. The number of nitrogens with zero attached hydrogens (tertiary/aromatic N) is 2. The van der Waals surface area contributed by atoms with Gasteiger partial charge in [-0.25, -0.2) is 0 Å². The second-order valence-electron chi connectivity index (χ2n) is 6.47. The maximum absolute atomic E-state index is 9.20. The van der Waals surface area contributed by atoms with Crippen molar-refractivity contribution in [3.05, 3.63) is 17.5 Å². The Morgan fingerprint density at radius 3 is 2.29 bits per heavy atom. The van der Waals surface area contributed by atoms with Crippen molar-refractivity contribution in [3.8, 4) is 6.07 Å². The quantitative estimate of drug-likeness (QED) is 0.802. The summed E-state index contributed by atoms with van der Waals surface area (Å²) >= 11 is 0. The fourth-order valence-corrected chi connectivity index (χ4v) is 5.19. The molecule has 1 aromatic heterocycles. The molecule has 0 unspecified atom stereocenters. The molecule has 0 atom stereocenters. The van der Waals surface area contributed by atoms with Crippen LogP contribution >= 0.6 is 0 Å². The predicted octanol–water partition coefficient (Wildman–Crippen LogP) is 2.75. The summed E-state index contributed by atoms with van der Waals surface area (Å²) in [4.78, 5) is 0. The normalized spacial score (nSPS) is 42.6. The number of hydrogen-bond acceptors (Lipinski definition) is 2.